The summed E-state index contributed by atoms with van der Waals surface area (Å²) >= 11 is 0. The van der Waals surface area contributed by atoms with Gasteiger partial charge in [0.2, 0.25) is 0 Å². The number of ether oxygens (including phenoxy) is 1. The highest BCUT2D eigenvalue weighted by Gasteiger charge is 2.24. The van der Waals surface area contributed by atoms with Gasteiger partial charge in [0, 0.05) is 19.3 Å². The Morgan fingerprint density at radius 1 is 1.44 bits per heavy atom. The van der Waals surface area contributed by atoms with Gasteiger partial charge in [-0.1, -0.05) is 6.92 Å². The van der Waals surface area contributed by atoms with Gasteiger partial charge >= 0.3 is 0 Å². The van der Waals surface area contributed by atoms with E-state index in [0.29, 0.717) is 6.04 Å². The fourth-order valence-electron chi connectivity index (χ4n) is 2.09. The zero-order valence-electron chi connectivity index (χ0n) is 11.4. The average molecular weight is 250 g/mol. The maximum absolute atomic E-state index is 5.63. The molecular weight excluding hydrogens is 228 g/mol. The zero-order valence-corrected chi connectivity index (χ0v) is 11.4. The fraction of sp³-hybridized carbons (Fsp3) is 0.692. The molecule has 1 N–H and O–H groups in total. The summed E-state index contributed by atoms with van der Waals surface area (Å²) in [7, 11) is 0. The smallest absolute Gasteiger partial charge is 0.147 e. The van der Waals surface area contributed by atoms with Crippen LogP contribution >= 0.6 is 0 Å². The second kappa shape index (κ2) is 6.11. The predicted octanol–water partition coefficient (Wildman–Crippen LogP) is 1.20. The van der Waals surface area contributed by atoms with Gasteiger partial charge in [-0.25, -0.2) is 4.98 Å². The zero-order chi connectivity index (χ0) is 13.0. The van der Waals surface area contributed by atoms with Crippen molar-refractivity contribution in [2.24, 2.45) is 0 Å². The molecule has 5 heteroatoms. The van der Waals surface area contributed by atoms with E-state index in [2.05, 4.69) is 41.0 Å². The van der Waals surface area contributed by atoms with Gasteiger partial charge in [0.1, 0.15) is 5.82 Å². The molecule has 18 heavy (non-hydrogen) atoms. The summed E-state index contributed by atoms with van der Waals surface area (Å²) in [5, 5.41) is 3.27. The van der Waals surface area contributed by atoms with Crippen LogP contribution in [0.15, 0.2) is 12.4 Å². The van der Waals surface area contributed by atoms with Gasteiger partial charge in [-0.15, -0.1) is 0 Å². The van der Waals surface area contributed by atoms with Gasteiger partial charge in [-0.2, -0.15) is 0 Å². The monoisotopic (exact) mass is 250 g/mol. The average Bonchev–Trinajstić information content (AvgIpc) is 2.39. The van der Waals surface area contributed by atoms with Gasteiger partial charge in [0.25, 0.3) is 0 Å². The normalized spacial score (nSPS) is 24.3. The van der Waals surface area contributed by atoms with Gasteiger partial charge in [0.15, 0.2) is 0 Å². The van der Waals surface area contributed by atoms with Gasteiger partial charge in [0.05, 0.1) is 30.6 Å². The van der Waals surface area contributed by atoms with Crippen LogP contribution < -0.4 is 10.2 Å². The summed E-state index contributed by atoms with van der Waals surface area (Å²) in [6.45, 7) is 9.67. The van der Waals surface area contributed by atoms with Crippen molar-refractivity contribution in [3.63, 3.8) is 0 Å². The first kappa shape index (κ1) is 13.2. The van der Waals surface area contributed by atoms with E-state index in [1.807, 2.05) is 12.4 Å². The van der Waals surface area contributed by atoms with E-state index in [9.17, 15) is 0 Å². The number of anilines is 1. The molecule has 1 aromatic rings. The second-order valence-corrected chi connectivity index (χ2v) is 4.79. The molecule has 0 bridgehead atoms. The molecule has 2 rings (SSSR count). The maximum Gasteiger partial charge on any atom is 0.147 e. The summed E-state index contributed by atoms with van der Waals surface area (Å²) in [6, 6.07) is 0.352. The Labute approximate surface area is 109 Å². The Morgan fingerprint density at radius 3 is 3.06 bits per heavy atom. The molecule has 0 spiro atoms. The molecule has 1 saturated heterocycles. The minimum Gasteiger partial charge on any atom is -0.375 e. The maximum atomic E-state index is 5.63. The molecular formula is C13H22N4O. The molecule has 5 nitrogen and oxygen atoms in total. The van der Waals surface area contributed by atoms with Crippen molar-refractivity contribution in [3.05, 3.63) is 18.1 Å². The van der Waals surface area contributed by atoms with E-state index >= 15 is 0 Å². The van der Waals surface area contributed by atoms with Gasteiger partial charge in [-0.05, 0) is 20.4 Å². The minimum absolute atomic E-state index is 0.250. The van der Waals surface area contributed by atoms with Gasteiger partial charge in [-0.3, -0.25) is 4.98 Å². The van der Waals surface area contributed by atoms with Crippen molar-refractivity contribution in [2.45, 2.75) is 39.5 Å². The molecule has 0 amide bonds. The van der Waals surface area contributed by atoms with E-state index in [-0.39, 0.29) is 6.10 Å². The van der Waals surface area contributed by atoms with Crippen molar-refractivity contribution in [1.82, 2.24) is 15.3 Å². The Balaban J connectivity index is 2.11. The lowest BCUT2D eigenvalue weighted by Crippen LogP contribution is -2.47. The third-order valence-electron chi connectivity index (χ3n) is 3.13. The predicted molar refractivity (Wildman–Crippen MR) is 71.6 cm³/mol. The SMILES string of the molecule is CCNCc1cncc(N2CC(C)OCC2C)n1. The first-order valence-electron chi connectivity index (χ1n) is 6.60. The number of nitrogens with zero attached hydrogens (tertiary/aromatic N) is 3. The molecule has 2 atom stereocenters. The van der Waals surface area contributed by atoms with Gasteiger partial charge < -0.3 is 15.0 Å². The van der Waals surface area contributed by atoms with Crippen LogP contribution in [0.5, 0.6) is 0 Å². The van der Waals surface area contributed by atoms with E-state index in [0.717, 1.165) is 37.8 Å². The van der Waals surface area contributed by atoms with E-state index in [4.69, 9.17) is 4.74 Å². The number of hydrogen-bond acceptors (Lipinski definition) is 5. The lowest BCUT2D eigenvalue weighted by molar-refractivity contribution is 0.0340. The fourth-order valence-corrected chi connectivity index (χ4v) is 2.09. The lowest BCUT2D eigenvalue weighted by atomic mass is 10.2. The number of hydrogen-bond donors (Lipinski definition) is 1. The summed E-state index contributed by atoms with van der Waals surface area (Å²) in [5.74, 6) is 0.952. The highest BCUT2D eigenvalue weighted by atomic mass is 16.5. The van der Waals surface area contributed by atoms with Crippen molar-refractivity contribution in [3.8, 4) is 0 Å². The Hall–Kier alpha value is -1.20. The molecule has 2 unspecified atom stereocenters. The summed E-state index contributed by atoms with van der Waals surface area (Å²) < 4.78 is 5.63. The topological polar surface area (TPSA) is 50.3 Å². The third-order valence-corrected chi connectivity index (χ3v) is 3.13. The molecule has 2 heterocycles. The Kier molecular flexibility index (Phi) is 4.49. The first-order valence-corrected chi connectivity index (χ1v) is 6.60. The van der Waals surface area contributed by atoms with Crippen LogP contribution in [0.3, 0.4) is 0 Å². The number of aromatic nitrogens is 2. The Morgan fingerprint density at radius 2 is 2.28 bits per heavy atom. The molecule has 0 saturated carbocycles. The van der Waals surface area contributed by atoms with Crippen LogP contribution in [-0.4, -0.2) is 41.8 Å². The van der Waals surface area contributed by atoms with Crippen molar-refractivity contribution < 1.29 is 4.74 Å². The largest absolute Gasteiger partial charge is 0.375 e. The van der Waals surface area contributed by atoms with Crippen LogP contribution in [0.4, 0.5) is 5.82 Å². The molecule has 1 aromatic heterocycles. The van der Waals surface area contributed by atoms with Crippen molar-refractivity contribution in [1.29, 1.82) is 0 Å². The quantitative estimate of drug-likeness (QED) is 0.870. The van der Waals surface area contributed by atoms with Crippen molar-refractivity contribution >= 4 is 5.82 Å². The molecule has 0 aliphatic carbocycles. The van der Waals surface area contributed by atoms with E-state index < -0.39 is 0 Å². The second-order valence-electron chi connectivity index (χ2n) is 4.79. The summed E-state index contributed by atoms with van der Waals surface area (Å²) in [6.07, 6.45) is 3.91. The van der Waals surface area contributed by atoms with Crippen molar-refractivity contribution in [2.75, 3.05) is 24.6 Å². The van der Waals surface area contributed by atoms with E-state index in [1.54, 1.807) is 0 Å². The standard InChI is InChI=1S/C13H22N4O/c1-4-14-5-12-6-15-7-13(16-12)17-8-11(3)18-9-10(17)2/h6-7,10-11,14H,4-5,8-9H2,1-3H3. The summed E-state index contributed by atoms with van der Waals surface area (Å²) in [4.78, 5) is 11.2. The minimum atomic E-state index is 0.250. The van der Waals surface area contributed by atoms with Crippen LogP contribution in [0.2, 0.25) is 0 Å². The van der Waals surface area contributed by atoms with Crippen LogP contribution in [0.1, 0.15) is 26.5 Å². The highest BCUT2D eigenvalue weighted by Crippen LogP contribution is 2.19. The van der Waals surface area contributed by atoms with E-state index in [1.165, 1.54) is 0 Å². The molecule has 1 fully saturated rings. The number of rotatable bonds is 4. The first-order chi connectivity index (χ1) is 8.70. The number of morpholine rings is 1. The molecule has 1 aliphatic heterocycles. The molecule has 100 valence electrons. The highest BCUT2D eigenvalue weighted by molar-refractivity contribution is 5.38. The van der Waals surface area contributed by atoms with Crippen LogP contribution in [0.25, 0.3) is 0 Å². The van der Waals surface area contributed by atoms with Crippen LogP contribution in [-0.2, 0) is 11.3 Å². The Bertz CT molecular complexity index is 385. The molecule has 0 aromatic carbocycles. The number of nitrogens with one attached hydrogen (secondary N) is 1. The lowest BCUT2D eigenvalue weighted by Gasteiger charge is -2.37. The third kappa shape index (κ3) is 3.17. The van der Waals surface area contributed by atoms with Crippen LogP contribution in [0, 0.1) is 0 Å². The molecule has 1 aliphatic rings. The summed E-state index contributed by atoms with van der Waals surface area (Å²) in [5.41, 5.74) is 0.987. The molecule has 0 radical (unpaired) electrons.